The minimum absolute atomic E-state index is 0.0481. The van der Waals surface area contributed by atoms with Crippen LogP contribution in [-0.2, 0) is 9.59 Å². The average molecular weight is 380 g/mol. The Morgan fingerprint density at radius 2 is 1.78 bits per heavy atom. The number of thiazole rings is 1. The molecule has 7 heteroatoms. The SMILES string of the molecule is O=C1C(=O)N(c2nccs2)[C@H](c2ccc(F)cc2)/C1=C(\O)c1ccccc1. The third-order valence-corrected chi connectivity index (χ3v) is 5.07. The van der Waals surface area contributed by atoms with Gasteiger partial charge in [0, 0.05) is 17.1 Å². The van der Waals surface area contributed by atoms with E-state index in [9.17, 15) is 19.1 Å². The number of nitrogens with zero attached hydrogens (tertiary/aromatic N) is 2. The lowest BCUT2D eigenvalue weighted by Gasteiger charge is -2.22. The van der Waals surface area contributed by atoms with Gasteiger partial charge in [-0.2, -0.15) is 0 Å². The van der Waals surface area contributed by atoms with E-state index in [1.807, 2.05) is 0 Å². The van der Waals surface area contributed by atoms with Crippen LogP contribution in [0.15, 0.2) is 71.7 Å². The molecule has 27 heavy (non-hydrogen) atoms. The van der Waals surface area contributed by atoms with Crippen molar-refractivity contribution in [2.24, 2.45) is 0 Å². The number of carbonyl (C=O) groups excluding carboxylic acids is 2. The van der Waals surface area contributed by atoms with E-state index in [1.165, 1.54) is 46.7 Å². The van der Waals surface area contributed by atoms with Crippen LogP contribution in [0.5, 0.6) is 0 Å². The van der Waals surface area contributed by atoms with Crippen molar-refractivity contribution in [3.05, 3.63) is 88.7 Å². The maximum atomic E-state index is 13.4. The summed E-state index contributed by atoms with van der Waals surface area (Å²) in [4.78, 5) is 30.9. The first kappa shape index (κ1) is 17.1. The summed E-state index contributed by atoms with van der Waals surface area (Å²) in [6, 6.07) is 13.1. The molecule has 1 aromatic heterocycles. The minimum atomic E-state index is -0.892. The highest BCUT2D eigenvalue weighted by atomic mass is 32.1. The number of aliphatic hydroxyl groups excluding tert-OH is 1. The fourth-order valence-electron chi connectivity index (χ4n) is 3.08. The molecule has 4 rings (SSSR count). The predicted octanol–water partition coefficient (Wildman–Crippen LogP) is 3.91. The Balaban J connectivity index is 1.94. The zero-order valence-electron chi connectivity index (χ0n) is 13.9. The largest absolute Gasteiger partial charge is 0.507 e. The number of aliphatic hydroxyl groups is 1. The van der Waals surface area contributed by atoms with Crippen LogP contribution in [0.2, 0.25) is 0 Å². The van der Waals surface area contributed by atoms with Crippen molar-refractivity contribution in [1.29, 1.82) is 0 Å². The Hall–Kier alpha value is -3.32. The highest BCUT2D eigenvalue weighted by Crippen LogP contribution is 2.42. The van der Waals surface area contributed by atoms with Gasteiger partial charge in [-0.3, -0.25) is 14.5 Å². The third kappa shape index (κ3) is 2.92. The average Bonchev–Trinajstić information content (AvgIpc) is 3.30. The van der Waals surface area contributed by atoms with Crippen molar-refractivity contribution in [1.82, 2.24) is 4.98 Å². The fourth-order valence-corrected chi connectivity index (χ4v) is 3.74. The molecule has 3 aromatic rings. The van der Waals surface area contributed by atoms with Gasteiger partial charge in [-0.15, -0.1) is 11.3 Å². The smallest absolute Gasteiger partial charge is 0.301 e. The second-order valence-electron chi connectivity index (χ2n) is 5.90. The van der Waals surface area contributed by atoms with Gasteiger partial charge in [0.2, 0.25) is 0 Å². The van der Waals surface area contributed by atoms with Crippen molar-refractivity contribution in [3.8, 4) is 0 Å². The first-order valence-electron chi connectivity index (χ1n) is 8.09. The molecule has 134 valence electrons. The predicted molar refractivity (Wildman–Crippen MR) is 99.7 cm³/mol. The molecule has 1 fully saturated rings. The standard InChI is InChI=1S/C20H13FN2O3S/c21-14-8-6-12(7-9-14)16-15(17(24)13-4-2-1-3-5-13)18(25)19(26)23(16)20-22-10-11-27-20/h1-11,16,24H/b17-15+/t16-/m1/s1. The molecule has 2 aromatic carbocycles. The van der Waals surface area contributed by atoms with Gasteiger partial charge in [-0.1, -0.05) is 42.5 Å². The Labute approximate surface area is 158 Å². The van der Waals surface area contributed by atoms with Crippen LogP contribution >= 0.6 is 11.3 Å². The number of anilines is 1. The quantitative estimate of drug-likeness (QED) is 0.425. The number of rotatable bonds is 3. The van der Waals surface area contributed by atoms with Crippen molar-refractivity contribution in [3.63, 3.8) is 0 Å². The van der Waals surface area contributed by atoms with Crippen LogP contribution in [-0.4, -0.2) is 21.8 Å². The molecule has 0 bridgehead atoms. The van der Waals surface area contributed by atoms with Crippen molar-refractivity contribution in [2.75, 3.05) is 4.90 Å². The fraction of sp³-hybridized carbons (Fsp3) is 0.0500. The van der Waals surface area contributed by atoms with Crippen LogP contribution < -0.4 is 4.90 Å². The Kier molecular flexibility index (Phi) is 4.29. The number of carbonyl (C=O) groups is 2. The number of aromatic nitrogens is 1. The summed E-state index contributed by atoms with van der Waals surface area (Å²) in [5, 5.41) is 12.8. The second kappa shape index (κ2) is 6.77. The lowest BCUT2D eigenvalue weighted by Crippen LogP contribution is -2.29. The van der Waals surface area contributed by atoms with E-state index in [-0.39, 0.29) is 11.3 Å². The van der Waals surface area contributed by atoms with Crippen molar-refractivity contribution < 1.29 is 19.1 Å². The number of amides is 1. The van der Waals surface area contributed by atoms with Gasteiger partial charge in [0.1, 0.15) is 11.6 Å². The van der Waals surface area contributed by atoms with Gasteiger partial charge < -0.3 is 5.11 Å². The van der Waals surface area contributed by atoms with E-state index in [4.69, 9.17) is 0 Å². The zero-order valence-corrected chi connectivity index (χ0v) is 14.7. The van der Waals surface area contributed by atoms with E-state index in [0.717, 1.165) is 0 Å². The van der Waals surface area contributed by atoms with Gasteiger partial charge in [0.05, 0.1) is 11.6 Å². The van der Waals surface area contributed by atoms with Gasteiger partial charge in [0.15, 0.2) is 5.13 Å². The van der Waals surface area contributed by atoms with Crippen molar-refractivity contribution >= 4 is 33.9 Å². The van der Waals surface area contributed by atoms with Gasteiger partial charge in [-0.25, -0.2) is 9.37 Å². The molecule has 1 amide bonds. The molecular formula is C20H13FN2O3S. The van der Waals surface area contributed by atoms with Crippen LogP contribution in [0.4, 0.5) is 9.52 Å². The molecule has 0 aliphatic carbocycles. The third-order valence-electron chi connectivity index (χ3n) is 4.30. The van der Waals surface area contributed by atoms with Crippen molar-refractivity contribution in [2.45, 2.75) is 6.04 Å². The molecular weight excluding hydrogens is 367 g/mol. The maximum absolute atomic E-state index is 13.4. The first-order valence-corrected chi connectivity index (χ1v) is 8.97. The molecule has 0 saturated carbocycles. The Bertz CT molecular complexity index is 1030. The molecule has 0 spiro atoms. The Morgan fingerprint density at radius 1 is 1.07 bits per heavy atom. The van der Waals surface area contributed by atoms with Gasteiger partial charge in [-0.05, 0) is 17.7 Å². The summed E-state index contributed by atoms with van der Waals surface area (Å²) in [7, 11) is 0. The summed E-state index contributed by atoms with van der Waals surface area (Å²) in [6.45, 7) is 0. The monoisotopic (exact) mass is 380 g/mol. The van der Waals surface area contributed by atoms with Gasteiger partial charge in [0.25, 0.3) is 5.78 Å². The highest BCUT2D eigenvalue weighted by Gasteiger charge is 2.47. The number of ketones is 1. The van der Waals surface area contributed by atoms with E-state index < -0.39 is 23.5 Å². The van der Waals surface area contributed by atoms with E-state index >= 15 is 0 Å². The first-order chi connectivity index (χ1) is 13.1. The van der Waals surface area contributed by atoms with Gasteiger partial charge >= 0.3 is 5.91 Å². The maximum Gasteiger partial charge on any atom is 0.301 e. The number of halogens is 1. The number of hydrogen-bond donors (Lipinski definition) is 1. The summed E-state index contributed by atoms with van der Waals surface area (Å²) in [5.41, 5.74) is 0.873. The summed E-state index contributed by atoms with van der Waals surface area (Å²) in [5.74, 6) is -2.30. The summed E-state index contributed by atoms with van der Waals surface area (Å²) in [6.07, 6.45) is 1.53. The molecule has 1 atom stereocenters. The summed E-state index contributed by atoms with van der Waals surface area (Å²) >= 11 is 1.20. The number of Topliss-reactive ketones (excluding diaryl/α,β-unsaturated/α-hetero) is 1. The van der Waals surface area contributed by atoms with E-state index in [2.05, 4.69) is 4.98 Å². The number of benzene rings is 2. The highest BCUT2D eigenvalue weighted by molar-refractivity contribution is 7.14. The number of hydrogen-bond acceptors (Lipinski definition) is 5. The molecule has 2 heterocycles. The van der Waals surface area contributed by atoms with Crippen LogP contribution in [0, 0.1) is 5.82 Å². The molecule has 0 unspecified atom stereocenters. The topological polar surface area (TPSA) is 70.5 Å². The minimum Gasteiger partial charge on any atom is -0.507 e. The molecule has 1 aliphatic rings. The van der Waals surface area contributed by atoms with E-state index in [0.29, 0.717) is 16.3 Å². The molecule has 1 N–H and O–H groups in total. The molecule has 1 saturated heterocycles. The van der Waals surface area contributed by atoms with Crippen LogP contribution in [0.3, 0.4) is 0 Å². The normalized spacial score (nSPS) is 18.9. The zero-order chi connectivity index (χ0) is 19.0. The van der Waals surface area contributed by atoms with Crippen LogP contribution in [0.1, 0.15) is 17.2 Å². The lowest BCUT2D eigenvalue weighted by molar-refractivity contribution is -0.132. The summed E-state index contributed by atoms with van der Waals surface area (Å²) < 4.78 is 13.4. The molecule has 0 radical (unpaired) electrons. The lowest BCUT2D eigenvalue weighted by atomic mass is 9.95. The Morgan fingerprint density at radius 3 is 2.41 bits per heavy atom. The second-order valence-corrected chi connectivity index (χ2v) is 6.77. The van der Waals surface area contributed by atoms with Crippen LogP contribution in [0.25, 0.3) is 5.76 Å². The van der Waals surface area contributed by atoms with E-state index in [1.54, 1.807) is 35.7 Å². The molecule has 1 aliphatic heterocycles. The molecule has 5 nitrogen and oxygen atoms in total.